The van der Waals surface area contributed by atoms with Crippen molar-refractivity contribution in [1.82, 2.24) is 45.0 Å². The van der Waals surface area contributed by atoms with Crippen LogP contribution in [0.5, 0.6) is 5.88 Å². The molecule has 7 aliphatic rings. The maximum atomic E-state index is 12.7. The van der Waals surface area contributed by atoms with Crippen LogP contribution < -0.4 is 41.6 Å². The van der Waals surface area contributed by atoms with Gasteiger partial charge in [0.1, 0.15) is 21.8 Å². The minimum Gasteiger partial charge on any atom is -0.482 e. The van der Waals surface area contributed by atoms with Crippen molar-refractivity contribution in [2.45, 2.75) is 190 Å². The Morgan fingerprint density at radius 2 is 0.895 bits per heavy atom. The van der Waals surface area contributed by atoms with Crippen molar-refractivity contribution >= 4 is 169 Å². The fraction of sp³-hybridized carbons (Fsp3) is 0.370. The fourth-order valence-corrected chi connectivity index (χ4v) is 19.3. The van der Waals surface area contributed by atoms with Crippen LogP contribution >= 0.6 is 70.2 Å². The summed E-state index contributed by atoms with van der Waals surface area (Å²) in [6, 6.07) is 32.8. The Morgan fingerprint density at radius 1 is 0.504 bits per heavy atom. The van der Waals surface area contributed by atoms with E-state index in [4.69, 9.17) is 63.5 Å². The van der Waals surface area contributed by atoms with Gasteiger partial charge in [0.2, 0.25) is 11.8 Å². The number of hydrogen-bond acceptors (Lipinski definition) is 20. The number of halogens is 2. The standard InChI is InChI=1S/C28H32N4O3S.C23H24N4OS.C21H25N3O3S.C11H14N2O2S.C10H8ClNO2.C7H11NO.ClH/c1-16-12-17(2)29-23(16)14-21-20-13-19(6-7-22(20)30-25(21)33)24-15-36-26(31-24)18-8-10-32(11-9-18)27(34)35-28(3,4)5;1-13-9-14(2)25-20(13)11-18-17-10-16(3-4-19(17)26-22(18)28)21-12-29-23(27-21)15-5-7-24-8-6-15;1-21(2,3)27-20(26)24-8-6-13(7-9-24)19-23-17(12-28-19)14-4-5-16-15(10-14)11-18(25)22-16;1-11(2,3)15-10(14)13-6-4-8(5-7-13)9(12)16;11-5-9(13)6-1-2-8-7(3-6)4-10(14)12-8;1-5-4-6(2)8-7(5)9-3;/h6-7,12-15,18,29H,8-11H2,1-5H3,(H,30,33);3-4,9-12,15,24-25H,5-8H2,1-2H3,(H,26,28);4-5,10,12-13H,6-9,11H2,1-3H3,(H,22,25);4-7H,1-3H3,(H-,12,16);1-3H,4-5H2,(H,12,14);4,8H,1-3H3;1H/p+1/b21-14-;18-11-;;;;;. The van der Waals surface area contributed by atoms with Crippen LogP contribution in [0.4, 0.5) is 37.1 Å². The summed E-state index contributed by atoms with van der Waals surface area (Å²) in [5, 5.41) is 24.7. The van der Waals surface area contributed by atoms with Crippen LogP contribution in [0.15, 0.2) is 132 Å². The molecule has 0 unspecified atom stereocenters. The molecule has 0 atom stereocenters. The number of carbonyl (C=O) groups excluding carboxylic acids is 8. The average molecular weight is 1920 g/mol. The van der Waals surface area contributed by atoms with E-state index in [1.54, 1.807) is 93.6 Å². The zero-order chi connectivity index (χ0) is 94.8. The maximum absolute atomic E-state index is 12.7. The second-order valence-electron chi connectivity index (χ2n) is 36.6. The number of nitrogens with one attached hydrogen (secondary N) is 8. The Kier molecular flexibility index (Phi) is 32.6. The smallest absolute Gasteiger partial charge is 0.482 e. The van der Waals surface area contributed by atoms with Gasteiger partial charge in [-0.25, -0.2) is 24.5 Å². The maximum Gasteiger partial charge on any atom is 0.602 e. The first-order valence-electron chi connectivity index (χ1n) is 44.1. The van der Waals surface area contributed by atoms with Crippen molar-refractivity contribution in [2.75, 3.05) is 73.5 Å². The molecule has 14 heterocycles. The highest BCUT2D eigenvalue weighted by atomic mass is 35.5. The second kappa shape index (κ2) is 43.4. The number of thiazole rings is 3. The van der Waals surface area contributed by atoms with Gasteiger partial charge >= 0.3 is 18.3 Å². The highest BCUT2D eigenvalue weighted by Gasteiger charge is 2.34. The monoisotopic (exact) mass is 1920 g/mol. The minimum atomic E-state index is -0.508. The van der Waals surface area contributed by atoms with E-state index in [0.717, 1.165) is 197 Å². The lowest BCUT2D eigenvalue weighted by molar-refractivity contribution is -0.588. The zero-order valence-corrected chi connectivity index (χ0v) is 82.6. The molecule has 7 aromatic heterocycles. The Bertz CT molecular complexity index is 6210. The molecule has 3 fully saturated rings. The molecule has 133 heavy (non-hydrogen) atoms. The number of aryl methyl sites for hydroxylation is 6. The highest BCUT2D eigenvalue weighted by Crippen LogP contribution is 2.43. The minimum absolute atomic E-state index is 0. The van der Waals surface area contributed by atoms with Crippen LogP contribution in [-0.2, 0) is 46.2 Å². The number of carbonyl (C=O) groups is 8. The molecule has 0 aliphatic carbocycles. The number of likely N-dealkylation sites (tertiary alicyclic amines) is 2. The largest absolute Gasteiger partial charge is 0.602 e. The van der Waals surface area contributed by atoms with Gasteiger partial charge in [0.05, 0.1) is 69.1 Å². The van der Waals surface area contributed by atoms with Gasteiger partial charge in [-0.2, -0.15) is 4.79 Å². The summed E-state index contributed by atoms with van der Waals surface area (Å²) in [5.41, 5.74) is 28.3. The summed E-state index contributed by atoms with van der Waals surface area (Å²) in [6.07, 6.45) is 12.7. The number of piperidine rings is 3. The van der Waals surface area contributed by atoms with Gasteiger partial charge < -0.3 is 76.0 Å². The van der Waals surface area contributed by atoms with Gasteiger partial charge in [-0.1, -0.05) is 35.0 Å². The number of H-pyrrole nitrogens is 3. The van der Waals surface area contributed by atoms with Crippen LogP contribution in [0.25, 0.3) is 57.1 Å². The number of methoxy groups -OCH3 is 1. The summed E-state index contributed by atoms with van der Waals surface area (Å²) >= 11 is 15.3. The Hall–Kier alpha value is -12.0. The number of ether oxygens (including phenoxy) is 4. The van der Waals surface area contributed by atoms with Gasteiger partial charge in [-0.15, -0.1) is 58.0 Å². The Morgan fingerprint density at radius 3 is 1.27 bits per heavy atom. The number of nitrogens with two attached hydrogens (primary N) is 1. The topological polar surface area (TPSA) is 356 Å². The number of aromatic amines is 3. The van der Waals surface area contributed by atoms with Gasteiger partial charge in [-0.3, -0.25) is 24.0 Å². The van der Waals surface area contributed by atoms with E-state index < -0.39 is 22.9 Å². The number of alkyl halides is 1. The SMILES string of the molecule is CC(C)(C)OC(=O)N1CCC(c2nc(-c3ccc4c(c3)CC(=O)N4)cs2)CC1.CC(C)(C)OC(=O)[n+]1ccc(C(N)=S)cc1.COc1[nH]c(C)cc1C.Cc1cc(C)c(/C=C2\C(=O)Nc3ccc(-c4csc(C5CCN(C(=O)OC(C)(C)C)CC5)n4)cc32)[nH]1.Cc1cc(C)c(/C=C2\C(=O)Nc3ccc(-c4csc(C5CCNCC5)n4)cc32)[nH]1.Cl.O=C1Cc2cc(C(=O)CCl)ccc2N1. The third-order valence-electron chi connectivity index (χ3n) is 22.6. The number of nitrogens with zero attached hydrogens (tertiary/aromatic N) is 6. The zero-order valence-electron chi connectivity index (χ0n) is 77.8. The lowest BCUT2D eigenvalue weighted by Crippen LogP contribution is -2.46. The van der Waals surface area contributed by atoms with E-state index >= 15 is 0 Å². The molecule has 3 saturated heterocycles. The number of pyridine rings is 1. The van der Waals surface area contributed by atoms with E-state index in [2.05, 4.69) is 94.9 Å². The van der Waals surface area contributed by atoms with Gasteiger partial charge in [0, 0.05) is 168 Å². The molecule has 27 nitrogen and oxygen atoms in total. The van der Waals surface area contributed by atoms with Crippen molar-refractivity contribution in [1.29, 1.82) is 0 Å². The molecule has 11 aromatic rings. The number of fused-ring (bicyclic) bond motifs is 4. The molecule has 0 bridgehead atoms. The Balaban J connectivity index is 0.000000151. The molecule has 10 N–H and O–H groups in total. The molecule has 6 amide bonds. The van der Waals surface area contributed by atoms with Crippen LogP contribution in [0, 0.1) is 41.5 Å². The number of aromatic nitrogens is 7. The number of ketones is 1. The van der Waals surface area contributed by atoms with Crippen molar-refractivity contribution < 1.29 is 61.9 Å². The number of thiocarbonyl (C=S) groups is 1. The number of amides is 6. The van der Waals surface area contributed by atoms with Gasteiger partial charge in [0.25, 0.3) is 11.8 Å². The predicted octanol–water partition coefficient (Wildman–Crippen LogP) is 20.6. The molecule has 33 heteroatoms. The molecule has 0 spiro atoms. The quantitative estimate of drug-likeness (QED) is 0.0137. The van der Waals surface area contributed by atoms with Crippen LogP contribution in [-0.4, -0.2) is 161 Å². The van der Waals surface area contributed by atoms with Crippen LogP contribution in [0.1, 0.15) is 217 Å². The van der Waals surface area contributed by atoms with Crippen molar-refractivity contribution in [3.63, 3.8) is 0 Å². The lowest BCUT2D eigenvalue weighted by atomic mass is 9.97. The summed E-state index contributed by atoms with van der Waals surface area (Å²) in [5.74, 6) is 1.84. The van der Waals surface area contributed by atoms with E-state index in [1.807, 2.05) is 152 Å². The number of benzene rings is 4. The second-order valence-corrected chi connectivity index (χ2v) is 40.0. The first kappa shape index (κ1) is 100. The van der Waals surface area contributed by atoms with Crippen molar-refractivity contribution in [3.8, 4) is 39.7 Å². The molecular formula is C100H116Cl2N15O12S4+. The van der Waals surface area contributed by atoms with E-state index in [1.165, 1.54) is 9.57 Å². The highest BCUT2D eigenvalue weighted by molar-refractivity contribution is 7.80. The molecule has 0 radical (unpaired) electrons. The van der Waals surface area contributed by atoms with Gasteiger partial charge in [-0.05, 0) is 263 Å². The van der Waals surface area contributed by atoms with E-state index in [9.17, 15) is 38.4 Å². The number of Topliss-reactive ketones (excluding diaryl/α,β-unsaturated/α-hetero) is 1. The summed E-state index contributed by atoms with van der Waals surface area (Å²) in [6.45, 7) is 33.8. The van der Waals surface area contributed by atoms with Crippen molar-refractivity contribution in [3.05, 3.63) is 225 Å². The average Bonchev–Trinajstić information content (AvgIpc) is 1.67. The normalized spacial score (nSPS) is 15.8. The first-order chi connectivity index (χ1) is 62.7. The lowest BCUT2D eigenvalue weighted by Gasteiger charge is -2.32. The molecule has 700 valence electrons. The van der Waals surface area contributed by atoms with Crippen molar-refractivity contribution in [2.24, 2.45) is 5.73 Å². The molecule has 0 saturated carbocycles. The van der Waals surface area contributed by atoms with Crippen LogP contribution in [0.2, 0.25) is 0 Å². The molecule has 18 rings (SSSR count). The fourth-order valence-electron chi connectivity index (χ4n) is 16.0. The number of hydrogen-bond donors (Lipinski definition) is 9. The predicted molar refractivity (Wildman–Crippen MR) is 535 cm³/mol. The number of rotatable bonds is 12. The molecular weight excluding hydrogens is 1800 g/mol. The molecule has 4 aromatic carbocycles. The summed E-state index contributed by atoms with van der Waals surface area (Å²) in [4.78, 5) is 124. The first-order valence-corrected chi connectivity index (χ1v) is 47.7. The summed E-state index contributed by atoms with van der Waals surface area (Å²) < 4.78 is 22.5. The third kappa shape index (κ3) is 26.3. The third-order valence-corrected chi connectivity index (χ3v) is 26.1. The van der Waals surface area contributed by atoms with E-state index in [0.29, 0.717) is 78.5 Å². The number of anilines is 4. The van der Waals surface area contributed by atoms with Gasteiger partial charge in [0.15, 0.2) is 24.1 Å². The van der Waals surface area contributed by atoms with E-state index in [-0.39, 0.29) is 59.9 Å². The van der Waals surface area contributed by atoms with Crippen LogP contribution in [0.3, 0.4) is 0 Å². The Labute approximate surface area is 804 Å². The molecule has 7 aliphatic heterocycles. The summed E-state index contributed by atoms with van der Waals surface area (Å²) in [7, 11) is 1.66.